The molecule has 2 heteroatoms. The van der Waals surface area contributed by atoms with Crippen LogP contribution in [0.2, 0.25) is 0 Å². The fraction of sp³-hybridized carbons (Fsp3) is 1.00. The fourth-order valence-corrected chi connectivity index (χ4v) is 3.05. The molecule has 0 spiro atoms. The minimum absolute atomic E-state index is 0.933. The van der Waals surface area contributed by atoms with Crippen LogP contribution in [-0.4, -0.2) is 37.6 Å². The molecule has 0 aromatic rings. The van der Waals surface area contributed by atoms with Crippen LogP contribution in [0.5, 0.6) is 0 Å². The first kappa shape index (κ1) is 11.4. The lowest BCUT2D eigenvalue weighted by Gasteiger charge is -2.23. The van der Waals surface area contributed by atoms with Crippen LogP contribution >= 0.6 is 0 Å². The Bertz CT molecular complexity index is 175. The standard InChI is InChI=1S/C13H26N2/c1-2-12-4-3-8-15(9-6-12)11-13-5-7-14-10-13/h12-14H,2-11H2,1H3. The van der Waals surface area contributed by atoms with Crippen LogP contribution in [0.15, 0.2) is 0 Å². The number of nitrogens with zero attached hydrogens (tertiary/aromatic N) is 1. The van der Waals surface area contributed by atoms with Crippen LogP contribution in [0.3, 0.4) is 0 Å². The van der Waals surface area contributed by atoms with Gasteiger partial charge in [-0.3, -0.25) is 0 Å². The summed E-state index contributed by atoms with van der Waals surface area (Å²) in [7, 11) is 0. The summed E-state index contributed by atoms with van der Waals surface area (Å²) in [6, 6.07) is 0. The van der Waals surface area contributed by atoms with E-state index in [1.165, 1.54) is 64.8 Å². The molecule has 2 saturated heterocycles. The normalized spacial score (nSPS) is 34.2. The maximum Gasteiger partial charge on any atom is 0.00223 e. The Morgan fingerprint density at radius 3 is 2.80 bits per heavy atom. The van der Waals surface area contributed by atoms with Crippen molar-refractivity contribution in [1.29, 1.82) is 0 Å². The Labute approximate surface area is 94.4 Å². The SMILES string of the molecule is CCC1CCCN(CC2CCNC2)CC1. The molecule has 0 aromatic heterocycles. The van der Waals surface area contributed by atoms with Crippen LogP contribution in [0.25, 0.3) is 0 Å². The molecule has 0 aliphatic carbocycles. The van der Waals surface area contributed by atoms with E-state index in [2.05, 4.69) is 17.1 Å². The first-order valence-electron chi connectivity index (χ1n) is 6.81. The monoisotopic (exact) mass is 210 g/mol. The van der Waals surface area contributed by atoms with E-state index in [4.69, 9.17) is 0 Å². The van der Waals surface area contributed by atoms with Crippen LogP contribution in [0.1, 0.15) is 39.0 Å². The molecule has 2 atom stereocenters. The Balaban J connectivity index is 1.72. The lowest BCUT2D eigenvalue weighted by Crippen LogP contribution is -2.31. The molecule has 2 fully saturated rings. The Hall–Kier alpha value is -0.0800. The van der Waals surface area contributed by atoms with Crippen LogP contribution in [-0.2, 0) is 0 Å². The number of rotatable bonds is 3. The van der Waals surface area contributed by atoms with Crippen molar-refractivity contribution in [3.05, 3.63) is 0 Å². The van der Waals surface area contributed by atoms with Crippen molar-refractivity contribution in [2.75, 3.05) is 32.7 Å². The first-order chi connectivity index (χ1) is 7.38. The van der Waals surface area contributed by atoms with E-state index in [0.717, 1.165) is 11.8 Å². The van der Waals surface area contributed by atoms with E-state index in [0.29, 0.717) is 0 Å². The zero-order valence-corrected chi connectivity index (χ0v) is 10.2. The largest absolute Gasteiger partial charge is 0.316 e. The second-order valence-corrected chi connectivity index (χ2v) is 5.36. The number of nitrogens with one attached hydrogen (secondary N) is 1. The lowest BCUT2D eigenvalue weighted by molar-refractivity contribution is 0.242. The van der Waals surface area contributed by atoms with Crippen molar-refractivity contribution in [3.63, 3.8) is 0 Å². The topological polar surface area (TPSA) is 15.3 Å². The van der Waals surface area contributed by atoms with Gasteiger partial charge in [-0.2, -0.15) is 0 Å². The molecule has 2 aliphatic heterocycles. The van der Waals surface area contributed by atoms with Crippen LogP contribution in [0, 0.1) is 11.8 Å². The van der Waals surface area contributed by atoms with E-state index in [1.807, 2.05) is 0 Å². The summed E-state index contributed by atoms with van der Waals surface area (Å²) in [5.74, 6) is 1.94. The molecule has 2 nitrogen and oxygen atoms in total. The third kappa shape index (κ3) is 3.46. The molecule has 2 heterocycles. The third-order valence-corrected chi connectivity index (χ3v) is 4.20. The average molecular weight is 210 g/mol. The average Bonchev–Trinajstić information content (AvgIpc) is 2.64. The lowest BCUT2D eigenvalue weighted by atomic mass is 9.98. The van der Waals surface area contributed by atoms with Crippen LogP contribution in [0.4, 0.5) is 0 Å². The molecule has 0 saturated carbocycles. The van der Waals surface area contributed by atoms with E-state index in [-0.39, 0.29) is 0 Å². The van der Waals surface area contributed by atoms with E-state index >= 15 is 0 Å². The molecule has 0 amide bonds. The molecule has 0 bridgehead atoms. The van der Waals surface area contributed by atoms with Crippen molar-refractivity contribution < 1.29 is 0 Å². The number of likely N-dealkylation sites (tertiary alicyclic amines) is 1. The van der Waals surface area contributed by atoms with Gasteiger partial charge in [0.15, 0.2) is 0 Å². The van der Waals surface area contributed by atoms with Crippen molar-refractivity contribution in [2.45, 2.75) is 39.0 Å². The van der Waals surface area contributed by atoms with E-state index in [1.54, 1.807) is 0 Å². The molecular weight excluding hydrogens is 184 g/mol. The summed E-state index contributed by atoms with van der Waals surface area (Å²) in [6.45, 7) is 8.91. The van der Waals surface area contributed by atoms with Crippen molar-refractivity contribution in [2.24, 2.45) is 11.8 Å². The van der Waals surface area contributed by atoms with Gasteiger partial charge in [-0.15, -0.1) is 0 Å². The molecule has 0 radical (unpaired) electrons. The molecule has 1 N–H and O–H groups in total. The molecule has 2 unspecified atom stereocenters. The van der Waals surface area contributed by atoms with Gasteiger partial charge >= 0.3 is 0 Å². The van der Waals surface area contributed by atoms with Gasteiger partial charge < -0.3 is 10.2 Å². The fourth-order valence-electron chi connectivity index (χ4n) is 3.05. The highest BCUT2D eigenvalue weighted by Gasteiger charge is 2.20. The minimum atomic E-state index is 0.933. The molecule has 2 aliphatic rings. The van der Waals surface area contributed by atoms with Gasteiger partial charge in [0.2, 0.25) is 0 Å². The second kappa shape index (κ2) is 5.86. The quantitative estimate of drug-likeness (QED) is 0.767. The third-order valence-electron chi connectivity index (χ3n) is 4.20. The van der Waals surface area contributed by atoms with Crippen molar-refractivity contribution in [3.8, 4) is 0 Å². The Morgan fingerprint density at radius 2 is 2.07 bits per heavy atom. The summed E-state index contributed by atoms with van der Waals surface area (Å²) in [5.41, 5.74) is 0. The molecule has 88 valence electrons. The Kier molecular flexibility index (Phi) is 4.45. The van der Waals surface area contributed by atoms with Gasteiger partial charge in [-0.05, 0) is 63.7 Å². The second-order valence-electron chi connectivity index (χ2n) is 5.36. The van der Waals surface area contributed by atoms with Crippen molar-refractivity contribution >= 4 is 0 Å². The predicted octanol–water partition coefficient (Wildman–Crippen LogP) is 2.11. The summed E-state index contributed by atoms with van der Waals surface area (Å²) >= 11 is 0. The zero-order valence-electron chi connectivity index (χ0n) is 10.2. The number of hydrogen-bond donors (Lipinski definition) is 1. The van der Waals surface area contributed by atoms with Crippen molar-refractivity contribution in [1.82, 2.24) is 10.2 Å². The van der Waals surface area contributed by atoms with Gasteiger partial charge in [-0.25, -0.2) is 0 Å². The summed E-state index contributed by atoms with van der Waals surface area (Å²) < 4.78 is 0. The molecule has 0 aromatic carbocycles. The summed E-state index contributed by atoms with van der Waals surface area (Å²) in [4.78, 5) is 2.72. The summed E-state index contributed by atoms with van der Waals surface area (Å²) in [5, 5.41) is 3.47. The highest BCUT2D eigenvalue weighted by atomic mass is 15.1. The predicted molar refractivity (Wildman–Crippen MR) is 65.0 cm³/mol. The Morgan fingerprint density at radius 1 is 1.13 bits per heavy atom. The molecular formula is C13H26N2. The summed E-state index contributed by atoms with van der Waals surface area (Å²) in [6.07, 6.45) is 7.12. The maximum atomic E-state index is 3.47. The van der Waals surface area contributed by atoms with Crippen LogP contribution < -0.4 is 5.32 Å². The minimum Gasteiger partial charge on any atom is -0.316 e. The van der Waals surface area contributed by atoms with Gasteiger partial charge in [0.1, 0.15) is 0 Å². The van der Waals surface area contributed by atoms with E-state index in [9.17, 15) is 0 Å². The molecule has 2 rings (SSSR count). The highest BCUT2D eigenvalue weighted by Crippen LogP contribution is 2.21. The number of hydrogen-bond acceptors (Lipinski definition) is 2. The smallest absolute Gasteiger partial charge is 0.00223 e. The van der Waals surface area contributed by atoms with Gasteiger partial charge in [0, 0.05) is 6.54 Å². The van der Waals surface area contributed by atoms with Gasteiger partial charge in [-0.1, -0.05) is 13.3 Å². The zero-order chi connectivity index (χ0) is 10.5. The highest BCUT2D eigenvalue weighted by molar-refractivity contribution is 4.77. The first-order valence-corrected chi connectivity index (χ1v) is 6.81. The van der Waals surface area contributed by atoms with Gasteiger partial charge in [0.25, 0.3) is 0 Å². The molecule has 15 heavy (non-hydrogen) atoms. The van der Waals surface area contributed by atoms with Gasteiger partial charge in [0.05, 0.1) is 0 Å². The van der Waals surface area contributed by atoms with E-state index < -0.39 is 0 Å². The maximum absolute atomic E-state index is 3.47.